The Labute approximate surface area is 145 Å². The first kappa shape index (κ1) is 17.4. The smallest absolute Gasteiger partial charge is 0.163 e. The van der Waals surface area contributed by atoms with Crippen LogP contribution in [-0.4, -0.2) is 57.4 Å². The summed E-state index contributed by atoms with van der Waals surface area (Å²) < 4.78 is 11.5. The second kappa shape index (κ2) is 9.14. The lowest BCUT2D eigenvalue weighted by Gasteiger charge is -2.25. The molecule has 0 aliphatic carbocycles. The van der Waals surface area contributed by atoms with Crippen molar-refractivity contribution >= 4 is 5.69 Å². The normalized spacial score (nSPS) is 21.6. The van der Waals surface area contributed by atoms with Gasteiger partial charge < -0.3 is 25.0 Å². The molecule has 1 aromatic carbocycles. The zero-order valence-corrected chi connectivity index (χ0v) is 14.9. The molecular weight excluding hydrogens is 302 g/mol. The largest absolute Gasteiger partial charge is 0.493 e. The highest BCUT2D eigenvalue weighted by Gasteiger charge is 2.14. The summed E-state index contributed by atoms with van der Waals surface area (Å²) in [5.41, 5.74) is 1.11. The third-order valence-corrected chi connectivity index (χ3v) is 4.91. The van der Waals surface area contributed by atoms with Crippen LogP contribution in [0, 0.1) is 0 Å². The molecule has 0 radical (unpaired) electrons. The Bertz CT molecular complexity index is 497. The molecule has 1 unspecified atom stereocenters. The van der Waals surface area contributed by atoms with E-state index in [9.17, 15) is 0 Å². The zero-order chi connectivity index (χ0) is 16.6. The monoisotopic (exact) mass is 333 g/mol. The van der Waals surface area contributed by atoms with Crippen LogP contribution in [-0.2, 0) is 0 Å². The van der Waals surface area contributed by atoms with Gasteiger partial charge in [0.15, 0.2) is 11.5 Å². The average molecular weight is 333 g/mol. The number of benzene rings is 1. The van der Waals surface area contributed by atoms with Crippen molar-refractivity contribution in [3.05, 3.63) is 18.2 Å². The van der Waals surface area contributed by atoms with Crippen LogP contribution >= 0.6 is 0 Å². The number of rotatable bonds is 8. The lowest BCUT2D eigenvalue weighted by Crippen LogP contribution is -2.38. The van der Waals surface area contributed by atoms with Crippen LogP contribution in [0.3, 0.4) is 0 Å². The maximum Gasteiger partial charge on any atom is 0.163 e. The summed E-state index contributed by atoms with van der Waals surface area (Å²) in [7, 11) is 1.70. The Kier molecular flexibility index (Phi) is 6.61. The van der Waals surface area contributed by atoms with Gasteiger partial charge in [0.2, 0.25) is 0 Å². The van der Waals surface area contributed by atoms with Gasteiger partial charge in [0.1, 0.15) is 0 Å². The van der Waals surface area contributed by atoms with E-state index in [1.54, 1.807) is 7.11 Å². The van der Waals surface area contributed by atoms with Crippen molar-refractivity contribution in [1.82, 2.24) is 10.2 Å². The Morgan fingerprint density at radius 1 is 1.21 bits per heavy atom. The van der Waals surface area contributed by atoms with Gasteiger partial charge in [-0.05, 0) is 63.9 Å². The van der Waals surface area contributed by atoms with Gasteiger partial charge in [0, 0.05) is 30.9 Å². The number of hydrogen-bond acceptors (Lipinski definition) is 5. The molecule has 2 saturated heterocycles. The number of likely N-dealkylation sites (tertiary alicyclic amines) is 1. The summed E-state index contributed by atoms with van der Waals surface area (Å²) in [5.74, 6) is 1.65. The SMILES string of the molecule is COc1ccc(NC2CCCNC2)cc1OCCCN1CCCC1. The highest BCUT2D eigenvalue weighted by Crippen LogP contribution is 2.31. The summed E-state index contributed by atoms with van der Waals surface area (Å²) in [5, 5.41) is 7.04. The second-order valence-electron chi connectivity index (χ2n) is 6.80. The molecule has 2 fully saturated rings. The molecule has 2 aliphatic rings. The first-order valence-corrected chi connectivity index (χ1v) is 9.35. The topological polar surface area (TPSA) is 45.8 Å². The third-order valence-electron chi connectivity index (χ3n) is 4.91. The first-order valence-electron chi connectivity index (χ1n) is 9.35. The van der Waals surface area contributed by atoms with Gasteiger partial charge in [-0.1, -0.05) is 0 Å². The molecule has 0 saturated carbocycles. The van der Waals surface area contributed by atoms with Crippen molar-refractivity contribution in [1.29, 1.82) is 0 Å². The van der Waals surface area contributed by atoms with E-state index in [0.717, 1.165) is 49.8 Å². The fraction of sp³-hybridized carbons (Fsp3) is 0.684. The molecule has 134 valence electrons. The van der Waals surface area contributed by atoms with E-state index in [1.165, 1.54) is 38.8 Å². The first-order chi connectivity index (χ1) is 11.8. The average Bonchev–Trinajstić information content (AvgIpc) is 3.13. The minimum absolute atomic E-state index is 0.496. The number of anilines is 1. The second-order valence-corrected chi connectivity index (χ2v) is 6.80. The predicted octanol–water partition coefficient (Wildman–Crippen LogP) is 2.72. The van der Waals surface area contributed by atoms with E-state index < -0.39 is 0 Å². The molecule has 2 N–H and O–H groups in total. The molecule has 0 bridgehead atoms. The molecule has 24 heavy (non-hydrogen) atoms. The lowest BCUT2D eigenvalue weighted by molar-refractivity contribution is 0.254. The van der Waals surface area contributed by atoms with Crippen molar-refractivity contribution in [2.24, 2.45) is 0 Å². The Balaban J connectivity index is 1.50. The summed E-state index contributed by atoms with van der Waals surface area (Å²) in [6.07, 6.45) is 6.20. The molecule has 0 amide bonds. The van der Waals surface area contributed by atoms with Gasteiger partial charge in [-0.2, -0.15) is 0 Å². The maximum absolute atomic E-state index is 6.01. The molecule has 1 aromatic rings. The molecule has 5 heteroatoms. The molecule has 0 aromatic heterocycles. The minimum atomic E-state index is 0.496. The lowest BCUT2D eigenvalue weighted by atomic mass is 10.1. The van der Waals surface area contributed by atoms with Crippen LogP contribution in [0.1, 0.15) is 32.1 Å². The summed E-state index contributed by atoms with van der Waals surface area (Å²) >= 11 is 0. The van der Waals surface area contributed by atoms with Gasteiger partial charge in [-0.3, -0.25) is 0 Å². The molecule has 0 spiro atoms. The van der Waals surface area contributed by atoms with Crippen molar-refractivity contribution in [2.45, 2.75) is 38.1 Å². The molecule has 2 heterocycles. The van der Waals surface area contributed by atoms with Crippen LogP contribution in [0.25, 0.3) is 0 Å². The number of nitrogens with one attached hydrogen (secondary N) is 2. The third kappa shape index (κ3) is 5.02. The maximum atomic E-state index is 6.01. The zero-order valence-electron chi connectivity index (χ0n) is 14.9. The van der Waals surface area contributed by atoms with Crippen molar-refractivity contribution in [3.63, 3.8) is 0 Å². The van der Waals surface area contributed by atoms with E-state index in [0.29, 0.717) is 6.04 Å². The summed E-state index contributed by atoms with van der Waals surface area (Å²) in [4.78, 5) is 2.52. The molecule has 3 rings (SSSR count). The van der Waals surface area contributed by atoms with E-state index in [4.69, 9.17) is 9.47 Å². The highest BCUT2D eigenvalue weighted by molar-refractivity contribution is 5.55. The van der Waals surface area contributed by atoms with E-state index in [2.05, 4.69) is 27.7 Å². The van der Waals surface area contributed by atoms with Crippen LogP contribution in [0.15, 0.2) is 18.2 Å². The van der Waals surface area contributed by atoms with Gasteiger partial charge >= 0.3 is 0 Å². The molecule has 5 nitrogen and oxygen atoms in total. The van der Waals surface area contributed by atoms with Gasteiger partial charge in [-0.15, -0.1) is 0 Å². The molecule has 2 aliphatic heterocycles. The summed E-state index contributed by atoms with van der Waals surface area (Å²) in [6, 6.07) is 6.64. The minimum Gasteiger partial charge on any atom is -0.493 e. The van der Waals surface area contributed by atoms with E-state index in [-0.39, 0.29) is 0 Å². The number of nitrogens with zero attached hydrogens (tertiary/aromatic N) is 1. The summed E-state index contributed by atoms with van der Waals surface area (Å²) in [6.45, 7) is 6.52. The van der Waals surface area contributed by atoms with Crippen molar-refractivity contribution < 1.29 is 9.47 Å². The van der Waals surface area contributed by atoms with E-state index >= 15 is 0 Å². The standard InChI is InChI=1S/C19H31N3O2/c1-23-18-8-7-16(21-17-6-4-9-20-15-17)14-19(18)24-13-5-12-22-10-2-3-11-22/h7-8,14,17,20-21H,2-6,9-13,15H2,1H3. The van der Waals surface area contributed by atoms with Crippen LogP contribution in [0.4, 0.5) is 5.69 Å². The number of ether oxygens (including phenoxy) is 2. The van der Waals surface area contributed by atoms with Crippen molar-refractivity contribution in [3.8, 4) is 11.5 Å². The highest BCUT2D eigenvalue weighted by atomic mass is 16.5. The Morgan fingerprint density at radius 3 is 2.83 bits per heavy atom. The van der Waals surface area contributed by atoms with Crippen molar-refractivity contribution in [2.75, 3.05) is 51.8 Å². The number of methoxy groups -OCH3 is 1. The molecular formula is C19H31N3O2. The quantitative estimate of drug-likeness (QED) is 0.716. The van der Waals surface area contributed by atoms with Crippen LogP contribution < -0.4 is 20.1 Å². The fourth-order valence-corrected chi connectivity index (χ4v) is 3.57. The van der Waals surface area contributed by atoms with Gasteiger partial charge in [-0.25, -0.2) is 0 Å². The van der Waals surface area contributed by atoms with Gasteiger partial charge in [0.05, 0.1) is 13.7 Å². The fourth-order valence-electron chi connectivity index (χ4n) is 3.57. The van der Waals surface area contributed by atoms with E-state index in [1.807, 2.05) is 6.07 Å². The number of piperidine rings is 1. The molecule has 1 atom stereocenters. The predicted molar refractivity (Wildman–Crippen MR) is 98.3 cm³/mol. The van der Waals surface area contributed by atoms with Crippen LogP contribution in [0.2, 0.25) is 0 Å². The Morgan fingerprint density at radius 2 is 2.08 bits per heavy atom. The Hall–Kier alpha value is -1.46. The number of hydrogen-bond donors (Lipinski definition) is 2. The van der Waals surface area contributed by atoms with Gasteiger partial charge in [0.25, 0.3) is 0 Å². The van der Waals surface area contributed by atoms with Crippen LogP contribution in [0.5, 0.6) is 11.5 Å².